The zero-order valence-corrected chi connectivity index (χ0v) is 15.4. The fraction of sp³-hybridized carbons (Fsp3) is 0.188. The second kappa shape index (κ2) is 6.72. The number of nitrogens with zero attached hydrogens (tertiary/aromatic N) is 1. The molecule has 1 amide bonds. The molecule has 1 N–H and O–H groups in total. The van der Waals surface area contributed by atoms with Gasteiger partial charge in [0.1, 0.15) is 0 Å². The first-order valence-corrected chi connectivity index (χ1v) is 9.44. The predicted octanol–water partition coefficient (Wildman–Crippen LogP) is 3.41. The minimum atomic E-state index is -3.39. The first-order valence-electron chi connectivity index (χ1n) is 6.80. The summed E-state index contributed by atoms with van der Waals surface area (Å²) in [6.07, 6.45) is 1.13. The molecule has 5 nitrogen and oxygen atoms in total. The maximum absolute atomic E-state index is 12.5. The van der Waals surface area contributed by atoms with E-state index in [0.29, 0.717) is 22.5 Å². The van der Waals surface area contributed by atoms with Crippen LogP contribution in [0.15, 0.2) is 46.9 Å². The Bertz CT molecular complexity index is 833. The van der Waals surface area contributed by atoms with Gasteiger partial charge in [-0.25, -0.2) is 8.42 Å². The molecule has 2 aromatic carbocycles. The molecule has 0 heterocycles. The highest BCUT2D eigenvalue weighted by Crippen LogP contribution is 2.25. The molecule has 0 unspecified atom stereocenters. The van der Waals surface area contributed by atoms with Crippen LogP contribution in [0.3, 0.4) is 0 Å². The van der Waals surface area contributed by atoms with Gasteiger partial charge in [-0.15, -0.1) is 0 Å². The topological polar surface area (TPSA) is 66.5 Å². The number of halogens is 1. The number of carbonyl (C=O) groups is 1. The molecule has 2 aromatic rings. The van der Waals surface area contributed by atoms with Crippen molar-refractivity contribution in [3.05, 3.63) is 58.1 Å². The van der Waals surface area contributed by atoms with Gasteiger partial charge in [-0.2, -0.15) is 0 Å². The Balaban J connectivity index is 2.33. The molecule has 2 rings (SSSR count). The van der Waals surface area contributed by atoms with E-state index in [-0.39, 0.29) is 5.91 Å². The van der Waals surface area contributed by atoms with E-state index in [1.165, 1.54) is 11.4 Å². The summed E-state index contributed by atoms with van der Waals surface area (Å²) in [6.45, 7) is 1.73. The smallest absolute Gasteiger partial charge is 0.256 e. The van der Waals surface area contributed by atoms with Gasteiger partial charge in [0.15, 0.2) is 0 Å². The van der Waals surface area contributed by atoms with E-state index in [0.717, 1.165) is 10.7 Å². The van der Waals surface area contributed by atoms with E-state index >= 15 is 0 Å². The largest absolute Gasteiger partial charge is 0.322 e. The predicted molar refractivity (Wildman–Crippen MR) is 96.5 cm³/mol. The fourth-order valence-electron chi connectivity index (χ4n) is 2.12. The summed E-state index contributed by atoms with van der Waals surface area (Å²) in [5.41, 5.74) is 2.19. The molecule has 0 spiro atoms. The Morgan fingerprint density at radius 1 is 1.13 bits per heavy atom. The highest BCUT2D eigenvalue weighted by molar-refractivity contribution is 9.10. The highest BCUT2D eigenvalue weighted by atomic mass is 79.9. The number of rotatable bonds is 4. The average molecular weight is 397 g/mol. The molecular formula is C16H17BrN2O3S. The van der Waals surface area contributed by atoms with Crippen LogP contribution in [0.25, 0.3) is 0 Å². The summed E-state index contributed by atoms with van der Waals surface area (Å²) < 4.78 is 25.5. The van der Waals surface area contributed by atoms with Crippen molar-refractivity contribution in [3.8, 4) is 0 Å². The summed E-state index contributed by atoms with van der Waals surface area (Å²) in [6, 6.07) is 12.2. The van der Waals surface area contributed by atoms with Crippen LogP contribution >= 0.6 is 15.9 Å². The molecule has 0 saturated heterocycles. The molecule has 122 valence electrons. The van der Waals surface area contributed by atoms with E-state index in [1.807, 2.05) is 12.1 Å². The normalized spacial score (nSPS) is 11.1. The van der Waals surface area contributed by atoms with Crippen LogP contribution in [-0.4, -0.2) is 27.6 Å². The molecule has 0 fully saturated rings. The number of carbonyl (C=O) groups excluding carboxylic acids is 1. The van der Waals surface area contributed by atoms with Gasteiger partial charge < -0.3 is 5.32 Å². The minimum Gasteiger partial charge on any atom is -0.322 e. The number of amides is 1. The molecule has 0 radical (unpaired) electrons. The summed E-state index contributed by atoms with van der Waals surface area (Å²) in [5.74, 6) is -0.284. The molecule has 0 atom stereocenters. The lowest BCUT2D eigenvalue weighted by Crippen LogP contribution is -2.26. The Morgan fingerprint density at radius 3 is 2.30 bits per heavy atom. The lowest BCUT2D eigenvalue weighted by atomic mass is 10.1. The summed E-state index contributed by atoms with van der Waals surface area (Å²) in [5, 5.41) is 2.80. The second-order valence-corrected chi connectivity index (χ2v) is 8.07. The van der Waals surface area contributed by atoms with Crippen LogP contribution in [-0.2, 0) is 10.0 Å². The third-order valence-electron chi connectivity index (χ3n) is 3.49. The summed E-state index contributed by atoms with van der Waals surface area (Å²) in [4.78, 5) is 12.5. The standard InChI is InChI=1S/C16H17BrN2O3S/c1-11-14(5-4-6-15(11)19(2)23(3,21)22)16(20)18-13-9-7-12(17)8-10-13/h4-10H,1-3H3,(H,18,20). The zero-order valence-electron chi connectivity index (χ0n) is 13.0. The van der Waals surface area contributed by atoms with Crippen LogP contribution in [0, 0.1) is 6.92 Å². The Labute approximate surface area is 144 Å². The van der Waals surface area contributed by atoms with E-state index in [4.69, 9.17) is 0 Å². The van der Waals surface area contributed by atoms with Gasteiger partial charge in [0.05, 0.1) is 11.9 Å². The minimum absolute atomic E-state index is 0.284. The van der Waals surface area contributed by atoms with E-state index in [2.05, 4.69) is 21.2 Å². The average Bonchev–Trinajstić information content (AvgIpc) is 2.48. The number of benzene rings is 2. The van der Waals surface area contributed by atoms with Gasteiger partial charge in [0, 0.05) is 22.8 Å². The molecule has 0 aliphatic rings. The molecule has 0 bridgehead atoms. The van der Waals surface area contributed by atoms with Crippen molar-refractivity contribution >= 4 is 43.2 Å². The van der Waals surface area contributed by atoms with Gasteiger partial charge in [0.2, 0.25) is 10.0 Å². The Kier molecular flexibility index (Phi) is 5.11. The molecule has 7 heteroatoms. The lowest BCUT2D eigenvalue weighted by molar-refractivity contribution is 0.102. The van der Waals surface area contributed by atoms with Crippen LogP contribution in [0.2, 0.25) is 0 Å². The number of hydrogen-bond acceptors (Lipinski definition) is 3. The maximum atomic E-state index is 12.5. The van der Waals surface area contributed by atoms with Gasteiger partial charge in [-0.05, 0) is 48.9 Å². The van der Waals surface area contributed by atoms with Gasteiger partial charge in [-0.3, -0.25) is 9.10 Å². The zero-order chi connectivity index (χ0) is 17.2. The van der Waals surface area contributed by atoms with Crippen LogP contribution < -0.4 is 9.62 Å². The second-order valence-electron chi connectivity index (χ2n) is 5.14. The molecular weight excluding hydrogens is 380 g/mol. The van der Waals surface area contributed by atoms with Crippen LogP contribution in [0.4, 0.5) is 11.4 Å². The monoisotopic (exact) mass is 396 g/mol. The van der Waals surface area contributed by atoms with E-state index in [1.54, 1.807) is 37.3 Å². The third kappa shape index (κ3) is 4.11. The summed E-state index contributed by atoms with van der Waals surface area (Å²) >= 11 is 3.34. The molecule has 0 aliphatic heterocycles. The van der Waals surface area contributed by atoms with Crippen LogP contribution in [0.5, 0.6) is 0 Å². The number of anilines is 2. The highest BCUT2D eigenvalue weighted by Gasteiger charge is 2.18. The Morgan fingerprint density at radius 2 is 1.74 bits per heavy atom. The molecule has 0 aliphatic carbocycles. The van der Waals surface area contributed by atoms with Crippen molar-refractivity contribution in [3.63, 3.8) is 0 Å². The fourth-order valence-corrected chi connectivity index (χ4v) is 2.94. The number of sulfonamides is 1. The summed E-state index contributed by atoms with van der Waals surface area (Å²) in [7, 11) is -1.92. The number of nitrogens with one attached hydrogen (secondary N) is 1. The molecule has 23 heavy (non-hydrogen) atoms. The van der Waals surface area contributed by atoms with Crippen LogP contribution in [0.1, 0.15) is 15.9 Å². The quantitative estimate of drug-likeness (QED) is 0.860. The van der Waals surface area contributed by atoms with Crippen molar-refractivity contribution in [2.75, 3.05) is 22.9 Å². The first kappa shape index (κ1) is 17.5. The van der Waals surface area contributed by atoms with Crippen molar-refractivity contribution in [2.24, 2.45) is 0 Å². The van der Waals surface area contributed by atoms with Crippen molar-refractivity contribution < 1.29 is 13.2 Å². The SMILES string of the molecule is Cc1c(C(=O)Nc2ccc(Br)cc2)cccc1N(C)S(C)(=O)=O. The molecule has 0 saturated carbocycles. The Hall–Kier alpha value is -1.86. The molecule has 0 aromatic heterocycles. The van der Waals surface area contributed by atoms with E-state index < -0.39 is 10.0 Å². The first-order chi connectivity index (χ1) is 10.7. The van der Waals surface area contributed by atoms with Crippen molar-refractivity contribution in [2.45, 2.75) is 6.92 Å². The van der Waals surface area contributed by atoms with Gasteiger partial charge in [0.25, 0.3) is 5.91 Å². The van der Waals surface area contributed by atoms with Crippen molar-refractivity contribution in [1.82, 2.24) is 0 Å². The van der Waals surface area contributed by atoms with Crippen molar-refractivity contribution in [1.29, 1.82) is 0 Å². The van der Waals surface area contributed by atoms with E-state index in [9.17, 15) is 13.2 Å². The van der Waals surface area contributed by atoms with Gasteiger partial charge >= 0.3 is 0 Å². The number of hydrogen-bond donors (Lipinski definition) is 1. The lowest BCUT2D eigenvalue weighted by Gasteiger charge is -2.20. The van der Waals surface area contributed by atoms with Gasteiger partial charge in [-0.1, -0.05) is 22.0 Å². The third-order valence-corrected chi connectivity index (χ3v) is 5.21. The maximum Gasteiger partial charge on any atom is 0.256 e.